The average Bonchev–Trinajstić information content (AvgIpc) is 2.58. The lowest BCUT2D eigenvalue weighted by Gasteiger charge is -2.46. The second-order valence-electron chi connectivity index (χ2n) is 12.6. The van der Waals surface area contributed by atoms with Crippen LogP contribution in [0.15, 0.2) is 12.2 Å². The lowest BCUT2D eigenvalue weighted by Crippen LogP contribution is -2.39. The van der Waals surface area contributed by atoms with E-state index < -0.39 is 0 Å². The minimum Gasteiger partial charge on any atom is -0.198 e. The van der Waals surface area contributed by atoms with Gasteiger partial charge >= 0.3 is 0 Å². The monoisotopic (exact) mass is 403 g/mol. The Kier molecular flexibility index (Phi) is 11.9. The highest BCUT2D eigenvalue weighted by atomic mass is 14.5. The first-order valence-corrected chi connectivity index (χ1v) is 12.2. The molecule has 0 aromatic carbocycles. The maximum atomic E-state index is 10.0. The fourth-order valence-electron chi connectivity index (χ4n) is 4.01. The van der Waals surface area contributed by atoms with Crippen LogP contribution in [0.25, 0.3) is 0 Å². The number of nitriles is 1. The maximum absolute atomic E-state index is 10.0. The van der Waals surface area contributed by atoms with Gasteiger partial charge in [-0.3, -0.25) is 0 Å². The molecular weight excluding hydrogens is 350 g/mol. The van der Waals surface area contributed by atoms with Gasteiger partial charge in [-0.1, -0.05) is 108 Å². The van der Waals surface area contributed by atoms with E-state index in [1.165, 1.54) is 25.7 Å². The van der Waals surface area contributed by atoms with Crippen LogP contribution in [-0.2, 0) is 0 Å². The Bertz CT molecular complexity index is 509. The molecule has 0 aromatic heterocycles. The third-order valence-electron chi connectivity index (χ3n) is 7.59. The highest BCUT2D eigenvalue weighted by molar-refractivity contribution is 5.01. The normalized spacial score (nSPS) is 16.8. The van der Waals surface area contributed by atoms with Crippen LogP contribution in [0, 0.1) is 51.2 Å². The number of rotatable bonds is 13. The van der Waals surface area contributed by atoms with Gasteiger partial charge < -0.3 is 0 Å². The van der Waals surface area contributed by atoms with Crippen LogP contribution >= 0.6 is 0 Å². The molecule has 0 fully saturated rings. The summed E-state index contributed by atoms with van der Waals surface area (Å²) >= 11 is 0. The van der Waals surface area contributed by atoms with E-state index in [1.807, 2.05) is 0 Å². The van der Waals surface area contributed by atoms with Gasteiger partial charge in [0, 0.05) is 0 Å². The largest absolute Gasteiger partial charge is 0.198 e. The molecule has 0 bridgehead atoms. The number of allylic oxidation sites excluding steroid dienone is 2. The zero-order chi connectivity index (χ0) is 22.9. The zero-order valence-electron chi connectivity index (χ0n) is 21.9. The molecule has 0 aliphatic rings. The first kappa shape index (κ1) is 28.2. The van der Waals surface area contributed by atoms with Crippen molar-refractivity contribution in [2.45, 2.75) is 121 Å². The van der Waals surface area contributed by atoms with E-state index in [2.05, 4.69) is 94.4 Å². The van der Waals surface area contributed by atoms with Gasteiger partial charge in [-0.2, -0.15) is 5.26 Å². The summed E-state index contributed by atoms with van der Waals surface area (Å²) in [5.74, 6) is 2.08. The maximum Gasteiger partial charge on any atom is 0.0661 e. The lowest BCUT2D eigenvalue weighted by molar-refractivity contribution is 0.0394. The molecule has 1 nitrogen and oxygen atoms in total. The molecule has 0 spiro atoms. The van der Waals surface area contributed by atoms with Crippen LogP contribution < -0.4 is 0 Å². The van der Waals surface area contributed by atoms with Crippen molar-refractivity contribution < 1.29 is 0 Å². The summed E-state index contributed by atoms with van der Waals surface area (Å²) in [4.78, 5) is 0. The minimum atomic E-state index is 0.0234. The van der Waals surface area contributed by atoms with E-state index in [0.29, 0.717) is 17.3 Å². The van der Waals surface area contributed by atoms with Crippen molar-refractivity contribution in [3.63, 3.8) is 0 Å². The molecule has 0 amide bonds. The predicted octanol–water partition coefficient (Wildman–Crippen LogP) is 9.44. The molecule has 3 atom stereocenters. The fourth-order valence-corrected chi connectivity index (χ4v) is 4.01. The molecule has 0 rings (SSSR count). The molecule has 0 aliphatic carbocycles. The second kappa shape index (κ2) is 12.2. The first-order valence-electron chi connectivity index (χ1n) is 12.2. The summed E-state index contributed by atoms with van der Waals surface area (Å²) in [7, 11) is 0. The topological polar surface area (TPSA) is 23.8 Å². The Morgan fingerprint density at radius 2 is 1.41 bits per heavy atom. The predicted molar refractivity (Wildman–Crippen MR) is 131 cm³/mol. The van der Waals surface area contributed by atoms with Gasteiger partial charge in [0.1, 0.15) is 0 Å². The Morgan fingerprint density at radius 1 is 0.828 bits per heavy atom. The van der Waals surface area contributed by atoms with Crippen molar-refractivity contribution in [3.8, 4) is 6.07 Å². The third-order valence-corrected chi connectivity index (χ3v) is 7.59. The highest BCUT2D eigenvalue weighted by Crippen LogP contribution is 2.50. The lowest BCUT2D eigenvalue weighted by atomic mass is 9.58. The molecular formula is C28H53N. The third kappa shape index (κ3) is 10.7. The Balaban J connectivity index is 4.84. The average molecular weight is 404 g/mol. The molecule has 0 aliphatic heterocycles. The van der Waals surface area contributed by atoms with Crippen LogP contribution in [0.5, 0.6) is 0 Å². The Morgan fingerprint density at radius 3 is 1.90 bits per heavy atom. The summed E-state index contributed by atoms with van der Waals surface area (Å²) in [5, 5.41) is 10.0. The van der Waals surface area contributed by atoms with Crippen LogP contribution in [0.1, 0.15) is 121 Å². The molecule has 0 aromatic rings. The van der Waals surface area contributed by atoms with Crippen molar-refractivity contribution in [2.75, 3.05) is 0 Å². The molecule has 0 radical (unpaired) electrons. The Labute approximate surface area is 184 Å². The molecule has 0 N–H and O–H groups in total. The van der Waals surface area contributed by atoms with E-state index in [4.69, 9.17) is 0 Å². The highest BCUT2D eigenvalue weighted by Gasteiger charge is 2.43. The molecule has 29 heavy (non-hydrogen) atoms. The van der Waals surface area contributed by atoms with Crippen molar-refractivity contribution in [3.05, 3.63) is 12.2 Å². The zero-order valence-corrected chi connectivity index (χ0v) is 21.9. The van der Waals surface area contributed by atoms with Crippen molar-refractivity contribution in [1.82, 2.24) is 0 Å². The van der Waals surface area contributed by atoms with Gasteiger partial charge in [-0.25, -0.2) is 0 Å². The molecule has 0 heterocycles. The minimum absolute atomic E-state index is 0.0234. The van der Waals surface area contributed by atoms with Gasteiger partial charge in [0.05, 0.1) is 12.0 Å². The SMILES string of the molecule is CC(C)CCCCC(C)(C)C(C)(C)C(C#N)CC(C)C(C)C/C=C\CC(C)(C)C. The van der Waals surface area contributed by atoms with E-state index >= 15 is 0 Å². The van der Waals surface area contributed by atoms with Crippen LogP contribution in [0.2, 0.25) is 0 Å². The summed E-state index contributed by atoms with van der Waals surface area (Å²) in [6.07, 6.45) is 13.1. The van der Waals surface area contributed by atoms with Crippen LogP contribution in [0.3, 0.4) is 0 Å². The van der Waals surface area contributed by atoms with E-state index in [-0.39, 0.29) is 16.7 Å². The quantitative estimate of drug-likeness (QED) is 0.222. The number of unbranched alkanes of at least 4 members (excludes halogenated alkanes) is 1. The number of hydrogen-bond donors (Lipinski definition) is 0. The van der Waals surface area contributed by atoms with E-state index in [1.54, 1.807) is 0 Å². The van der Waals surface area contributed by atoms with E-state index in [9.17, 15) is 5.26 Å². The number of nitrogens with zero attached hydrogens (tertiary/aromatic N) is 1. The summed E-state index contributed by atoms with van der Waals surface area (Å²) in [6.45, 7) is 25.6. The molecule has 0 saturated carbocycles. The summed E-state index contributed by atoms with van der Waals surface area (Å²) < 4.78 is 0. The summed E-state index contributed by atoms with van der Waals surface area (Å²) in [5.41, 5.74) is 0.567. The van der Waals surface area contributed by atoms with Gasteiger partial charge in [0.2, 0.25) is 0 Å². The van der Waals surface area contributed by atoms with Crippen molar-refractivity contribution in [2.24, 2.45) is 39.9 Å². The summed E-state index contributed by atoms with van der Waals surface area (Å²) in [6, 6.07) is 2.71. The molecule has 1 heteroatoms. The van der Waals surface area contributed by atoms with Crippen LogP contribution in [0.4, 0.5) is 0 Å². The van der Waals surface area contributed by atoms with Crippen molar-refractivity contribution >= 4 is 0 Å². The molecule has 3 unspecified atom stereocenters. The van der Waals surface area contributed by atoms with Gasteiger partial charge in [0.15, 0.2) is 0 Å². The van der Waals surface area contributed by atoms with Gasteiger partial charge in [-0.15, -0.1) is 0 Å². The van der Waals surface area contributed by atoms with E-state index in [0.717, 1.165) is 25.2 Å². The van der Waals surface area contributed by atoms with Gasteiger partial charge in [-0.05, 0) is 59.7 Å². The standard InChI is InChI=1S/C28H53N/c1-22(2)16-12-15-19-27(8,9)28(10,11)25(21-29)20-24(4)23(3)17-13-14-18-26(5,6)7/h13-14,22-25H,12,15-20H2,1-11H3/b14-13-. The smallest absolute Gasteiger partial charge is 0.0661 e. The van der Waals surface area contributed by atoms with Crippen LogP contribution in [-0.4, -0.2) is 0 Å². The van der Waals surface area contributed by atoms with Crippen molar-refractivity contribution in [1.29, 1.82) is 5.26 Å². The molecule has 0 saturated heterocycles. The van der Waals surface area contributed by atoms with Gasteiger partial charge in [0.25, 0.3) is 0 Å². The first-order chi connectivity index (χ1) is 13.1. The second-order valence-corrected chi connectivity index (χ2v) is 12.6. The Hall–Kier alpha value is -0.770. The fraction of sp³-hybridized carbons (Fsp3) is 0.893. The number of hydrogen-bond acceptors (Lipinski definition) is 1. The molecule has 170 valence electrons.